The highest BCUT2D eigenvalue weighted by Crippen LogP contribution is 2.11. The molecule has 0 N–H and O–H groups in total. The Hall–Kier alpha value is -1.12. The Morgan fingerprint density at radius 3 is 2.58 bits per heavy atom. The molecule has 0 heterocycles. The largest absolute Gasteiger partial charge is 0.479 e. The number of ether oxygens (including phenoxy) is 1. The van der Waals surface area contributed by atoms with Gasteiger partial charge in [-0.15, -0.1) is 0 Å². The zero-order valence-corrected chi connectivity index (χ0v) is 7.72. The number of allylic oxidation sites excluding steroid dienone is 1. The van der Waals surface area contributed by atoms with Crippen LogP contribution in [-0.4, -0.2) is 13.0 Å². The molecule has 0 spiro atoms. The first-order chi connectivity index (χ1) is 5.67. The molecule has 0 aromatic heterocycles. The predicted octanol–water partition coefficient (Wildman–Crippen LogP) is 2.83. The molecule has 68 valence electrons. The van der Waals surface area contributed by atoms with E-state index in [0.717, 1.165) is 0 Å². The van der Waals surface area contributed by atoms with E-state index in [1.54, 1.807) is 6.92 Å². The van der Waals surface area contributed by atoms with E-state index in [4.69, 9.17) is 4.74 Å². The molecule has 0 bridgehead atoms. The topological polar surface area (TPSA) is 21.6 Å². The quantitative estimate of drug-likeness (QED) is 0.472. The van der Waals surface area contributed by atoms with Crippen LogP contribution >= 0.6 is 0 Å². The van der Waals surface area contributed by atoms with E-state index in [9.17, 15) is 4.39 Å². The SMILES string of the molecule is C=CN=C(OC)/C(F)=C(\C)CC. The summed E-state index contributed by atoms with van der Waals surface area (Å²) in [4.78, 5) is 3.64. The van der Waals surface area contributed by atoms with Crippen molar-refractivity contribution in [2.24, 2.45) is 4.99 Å². The van der Waals surface area contributed by atoms with Gasteiger partial charge in [-0.3, -0.25) is 0 Å². The molecule has 0 aliphatic carbocycles. The van der Waals surface area contributed by atoms with Crippen LogP contribution in [0.2, 0.25) is 0 Å². The maximum Gasteiger partial charge on any atom is 0.249 e. The molecule has 0 aromatic rings. The Kier molecular flexibility index (Phi) is 5.00. The van der Waals surface area contributed by atoms with Crippen molar-refractivity contribution < 1.29 is 9.13 Å². The highest BCUT2D eigenvalue weighted by molar-refractivity contribution is 5.92. The second-order valence-electron chi connectivity index (χ2n) is 2.27. The van der Waals surface area contributed by atoms with Gasteiger partial charge in [-0.25, -0.2) is 9.38 Å². The van der Waals surface area contributed by atoms with Crippen molar-refractivity contribution in [3.8, 4) is 0 Å². The van der Waals surface area contributed by atoms with Crippen LogP contribution in [0.3, 0.4) is 0 Å². The van der Waals surface area contributed by atoms with Crippen LogP contribution in [0, 0.1) is 0 Å². The number of hydrogen-bond donors (Lipinski definition) is 0. The average Bonchev–Trinajstić information content (AvgIpc) is 2.11. The summed E-state index contributed by atoms with van der Waals surface area (Å²) >= 11 is 0. The van der Waals surface area contributed by atoms with Crippen LogP contribution in [-0.2, 0) is 4.74 Å². The second kappa shape index (κ2) is 5.52. The molecule has 0 aliphatic rings. The standard InChI is InChI=1S/C9H14FNO/c1-5-7(3)8(10)9(12-4)11-6-2/h6H,2,5H2,1,3-4H3/b8-7-,11-9?. The monoisotopic (exact) mass is 171 g/mol. The Morgan fingerprint density at radius 2 is 2.25 bits per heavy atom. The lowest BCUT2D eigenvalue weighted by Gasteiger charge is -2.03. The summed E-state index contributed by atoms with van der Waals surface area (Å²) in [6.07, 6.45) is 1.90. The molecule has 2 nitrogen and oxygen atoms in total. The zero-order valence-electron chi connectivity index (χ0n) is 7.72. The Morgan fingerprint density at radius 1 is 1.67 bits per heavy atom. The van der Waals surface area contributed by atoms with Crippen LogP contribution in [0.5, 0.6) is 0 Å². The lowest BCUT2D eigenvalue weighted by atomic mass is 10.2. The van der Waals surface area contributed by atoms with Crippen molar-refractivity contribution >= 4 is 5.90 Å². The first-order valence-corrected chi connectivity index (χ1v) is 3.75. The van der Waals surface area contributed by atoms with Crippen LogP contribution in [0.1, 0.15) is 20.3 Å². The van der Waals surface area contributed by atoms with Crippen LogP contribution < -0.4 is 0 Å². The molecule has 0 atom stereocenters. The minimum Gasteiger partial charge on any atom is -0.479 e. The van der Waals surface area contributed by atoms with Crippen molar-refractivity contribution in [3.63, 3.8) is 0 Å². The van der Waals surface area contributed by atoms with Crippen LogP contribution in [0.25, 0.3) is 0 Å². The van der Waals surface area contributed by atoms with E-state index in [1.165, 1.54) is 13.3 Å². The first kappa shape index (κ1) is 10.9. The van der Waals surface area contributed by atoms with E-state index < -0.39 is 5.83 Å². The van der Waals surface area contributed by atoms with Gasteiger partial charge in [0.25, 0.3) is 0 Å². The highest BCUT2D eigenvalue weighted by Gasteiger charge is 2.08. The molecule has 0 saturated carbocycles. The molecule has 0 saturated heterocycles. The average molecular weight is 171 g/mol. The van der Waals surface area contributed by atoms with Crippen molar-refractivity contribution in [2.75, 3.05) is 7.11 Å². The van der Waals surface area contributed by atoms with Crippen molar-refractivity contribution in [2.45, 2.75) is 20.3 Å². The van der Waals surface area contributed by atoms with Gasteiger partial charge in [-0.1, -0.05) is 13.5 Å². The normalized spacial score (nSPS) is 13.8. The van der Waals surface area contributed by atoms with Crippen molar-refractivity contribution in [1.82, 2.24) is 0 Å². The van der Waals surface area contributed by atoms with Gasteiger partial charge in [0, 0.05) is 6.20 Å². The fraction of sp³-hybridized carbons (Fsp3) is 0.444. The van der Waals surface area contributed by atoms with Gasteiger partial charge >= 0.3 is 0 Å². The summed E-state index contributed by atoms with van der Waals surface area (Å²) in [5.74, 6) is -0.413. The number of methoxy groups -OCH3 is 1. The third-order valence-electron chi connectivity index (χ3n) is 1.49. The van der Waals surface area contributed by atoms with Gasteiger partial charge in [0.1, 0.15) is 0 Å². The zero-order chi connectivity index (χ0) is 9.56. The summed E-state index contributed by atoms with van der Waals surface area (Å²) in [5.41, 5.74) is 0.623. The number of halogens is 1. The smallest absolute Gasteiger partial charge is 0.249 e. The van der Waals surface area contributed by atoms with Crippen LogP contribution in [0.4, 0.5) is 4.39 Å². The molecular formula is C9H14FNO. The van der Waals surface area contributed by atoms with Gasteiger partial charge in [0.05, 0.1) is 7.11 Å². The number of aliphatic imine (C=N–C) groups is 1. The minimum absolute atomic E-state index is 0.00986. The first-order valence-electron chi connectivity index (χ1n) is 3.75. The summed E-state index contributed by atoms with van der Waals surface area (Å²) in [6, 6.07) is 0. The van der Waals surface area contributed by atoms with Gasteiger partial charge in [-0.05, 0) is 18.9 Å². The molecule has 3 heteroatoms. The predicted molar refractivity (Wildman–Crippen MR) is 48.7 cm³/mol. The van der Waals surface area contributed by atoms with Crippen molar-refractivity contribution in [1.29, 1.82) is 0 Å². The Balaban J connectivity index is 4.74. The van der Waals surface area contributed by atoms with E-state index >= 15 is 0 Å². The van der Waals surface area contributed by atoms with E-state index in [1.807, 2.05) is 6.92 Å². The van der Waals surface area contributed by atoms with E-state index in [0.29, 0.717) is 12.0 Å². The summed E-state index contributed by atoms with van der Waals surface area (Å²) in [7, 11) is 1.38. The fourth-order valence-electron chi connectivity index (χ4n) is 0.620. The summed E-state index contributed by atoms with van der Waals surface area (Å²) in [6.45, 7) is 6.93. The number of nitrogens with zero attached hydrogens (tertiary/aromatic N) is 1. The second-order valence-corrected chi connectivity index (χ2v) is 2.27. The van der Waals surface area contributed by atoms with Gasteiger partial charge in [-0.2, -0.15) is 0 Å². The van der Waals surface area contributed by atoms with Crippen LogP contribution in [0.15, 0.2) is 29.2 Å². The molecule has 0 unspecified atom stereocenters. The lowest BCUT2D eigenvalue weighted by molar-refractivity contribution is 0.389. The van der Waals surface area contributed by atoms with E-state index in [2.05, 4.69) is 11.6 Å². The summed E-state index contributed by atoms with van der Waals surface area (Å²) in [5, 5.41) is 0. The van der Waals surface area contributed by atoms with Gasteiger partial charge in [0.2, 0.25) is 5.90 Å². The number of rotatable bonds is 3. The molecule has 0 fully saturated rings. The molecule has 0 aromatic carbocycles. The minimum atomic E-state index is -0.403. The summed E-state index contributed by atoms with van der Waals surface area (Å²) < 4.78 is 17.9. The fourth-order valence-corrected chi connectivity index (χ4v) is 0.620. The van der Waals surface area contributed by atoms with Gasteiger partial charge in [0.15, 0.2) is 5.83 Å². The Bertz CT molecular complexity index is 219. The maximum atomic E-state index is 13.2. The molecule has 12 heavy (non-hydrogen) atoms. The van der Waals surface area contributed by atoms with E-state index in [-0.39, 0.29) is 5.90 Å². The lowest BCUT2D eigenvalue weighted by Crippen LogP contribution is -2.03. The molecule has 0 amide bonds. The molecule has 0 radical (unpaired) electrons. The highest BCUT2D eigenvalue weighted by atomic mass is 19.1. The maximum absolute atomic E-state index is 13.2. The van der Waals surface area contributed by atoms with Gasteiger partial charge < -0.3 is 4.74 Å². The third-order valence-corrected chi connectivity index (χ3v) is 1.49. The molecule has 0 rings (SSSR count). The molecular weight excluding hydrogens is 157 g/mol. The number of hydrogen-bond acceptors (Lipinski definition) is 2. The molecule has 0 aliphatic heterocycles. The van der Waals surface area contributed by atoms with Crippen molar-refractivity contribution in [3.05, 3.63) is 24.2 Å². The Labute approximate surface area is 72.5 Å². The third kappa shape index (κ3) is 2.86.